The van der Waals surface area contributed by atoms with E-state index < -0.39 is 62.4 Å². The third kappa shape index (κ3) is 6.70. The summed E-state index contributed by atoms with van der Waals surface area (Å²) in [5.74, 6) is -2.25. The number of nitrogens with zero attached hydrogens (tertiary/aromatic N) is 3. The average molecular weight is 614 g/mol. The van der Waals surface area contributed by atoms with Gasteiger partial charge in [0.05, 0.1) is 11.3 Å². The summed E-state index contributed by atoms with van der Waals surface area (Å²) < 4.78 is 82.0. The van der Waals surface area contributed by atoms with Crippen molar-refractivity contribution in [3.8, 4) is 0 Å². The second-order valence-electron chi connectivity index (χ2n) is 10.9. The van der Waals surface area contributed by atoms with Crippen LogP contribution >= 0.6 is 0 Å². The Morgan fingerprint density at radius 3 is 2.14 bits per heavy atom. The van der Waals surface area contributed by atoms with E-state index in [4.69, 9.17) is 9.88 Å². The molecule has 0 spiro atoms. The molecule has 3 heterocycles. The number of sulfonamides is 1. The van der Waals surface area contributed by atoms with Gasteiger partial charge in [-0.15, -0.1) is 0 Å². The number of carbonyl (C=O) groups excluding carboxylic acids is 3. The first-order valence-corrected chi connectivity index (χ1v) is 14.0. The number of halogens is 4. The Bertz CT molecular complexity index is 1580. The van der Waals surface area contributed by atoms with Crippen LogP contribution in [0.1, 0.15) is 42.4 Å². The van der Waals surface area contributed by atoms with E-state index in [1.165, 1.54) is 9.80 Å². The number of primary sulfonamides is 1. The molecule has 1 aromatic heterocycles. The standard InChI is InChI=1S/C26H27F4N5O6S/c1-25(2,3)23(37)33-19-7-17(26(28,29)30)8-32-20(19)13-41-24(38)35-11-15-9-34(10-16(15)12-35)22(36)14-4-5-21(18(27)6-14)42(31,39)40/h4-8H,9-13H2,1-3H3,(H,33,37)(H2,31,39,40). The third-order valence-corrected chi connectivity index (χ3v) is 7.56. The maximum Gasteiger partial charge on any atom is 0.417 e. The first-order chi connectivity index (χ1) is 19.3. The minimum Gasteiger partial charge on any atom is -0.443 e. The van der Waals surface area contributed by atoms with Gasteiger partial charge in [-0.2, -0.15) is 13.2 Å². The molecule has 0 atom stereocenters. The Morgan fingerprint density at radius 1 is 1.02 bits per heavy atom. The summed E-state index contributed by atoms with van der Waals surface area (Å²) in [6.07, 6.45) is -4.90. The SMILES string of the molecule is CC(C)(C)C(=O)Nc1cc(C(F)(F)F)cnc1COC(=O)N1CC2=C(C1)CN(C(=O)c1ccc(S(N)(=O)=O)c(F)c1)C2. The summed E-state index contributed by atoms with van der Waals surface area (Å²) in [6, 6.07) is 3.60. The number of benzene rings is 1. The molecule has 42 heavy (non-hydrogen) atoms. The van der Waals surface area contributed by atoms with Crippen LogP contribution in [-0.4, -0.2) is 67.3 Å². The minimum absolute atomic E-state index is 0.0734. The third-order valence-electron chi connectivity index (χ3n) is 6.62. The molecular formula is C26H27F4N5O6S. The van der Waals surface area contributed by atoms with E-state index in [0.29, 0.717) is 6.20 Å². The number of alkyl halides is 3. The van der Waals surface area contributed by atoms with Crippen molar-refractivity contribution >= 4 is 33.6 Å². The Labute approximate surface area is 238 Å². The molecule has 0 fully saturated rings. The van der Waals surface area contributed by atoms with Gasteiger partial charge < -0.3 is 19.9 Å². The fourth-order valence-corrected chi connectivity index (χ4v) is 4.89. The van der Waals surface area contributed by atoms with Crippen LogP contribution in [0.4, 0.5) is 28.0 Å². The number of hydrogen-bond donors (Lipinski definition) is 2. The largest absolute Gasteiger partial charge is 0.443 e. The quantitative estimate of drug-likeness (QED) is 0.388. The molecule has 0 aliphatic carbocycles. The zero-order chi connectivity index (χ0) is 31.2. The van der Waals surface area contributed by atoms with E-state index >= 15 is 0 Å². The number of nitrogens with one attached hydrogen (secondary N) is 1. The Balaban J connectivity index is 1.37. The summed E-state index contributed by atoms with van der Waals surface area (Å²) in [6.45, 7) is 4.75. The van der Waals surface area contributed by atoms with Gasteiger partial charge in [0, 0.05) is 43.4 Å². The molecule has 0 bridgehead atoms. The van der Waals surface area contributed by atoms with E-state index in [0.717, 1.165) is 35.4 Å². The van der Waals surface area contributed by atoms with E-state index in [1.807, 2.05) is 0 Å². The fraction of sp³-hybridized carbons (Fsp3) is 0.385. The number of rotatable bonds is 5. The minimum atomic E-state index is -4.71. The number of pyridine rings is 1. The van der Waals surface area contributed by atoms with Crippen LogP contribution in [0.25, 0.3) is 0 Å². The molecule has 0 saturated heterocycles. The summed E-state index contributed by atoms with van der Waals surface area (Å²) in [7, 11) is -4.29. The first-order valence-electron chi connectivity index (χ1n) is 12.5. The second-order valence-corrected chi connectivity index (χ2v) is 12.4. The van der Waals surface area contributed by atoms with Crippen LogP contribution in [-0.2, 0) is 32.3 Å². The highest BCUT2D eigenvalue weighted by Gasteiger charge is 2.36. The van der Waals surface area contributed by atoms with Crippen LogP contribution < -0.4 is 10.5 Å². The molecule has 0 saturated carbocycles. The molecule has 0 unspecified atom stereocenters. The molecule has 2 aliphatic rings. The zero-order valence-corrected chi connectivity index (χ0v) is 23.5. The molecule has 4 rings (SSSR count). The van der Waals surface area contributed by atoms with Gasteiger partial charge in [-0.05, 0) is 35.4 Å². The van der Waals surface area contributed by atoms with Crippen molar-refractivity contribution < 1.29 is 45.1 Å². The number of ether oxygens (including phenoxy) is 1. The van der Waals surface area contributed by atoms with Crippen LogP contribution in [0.5, 0.6) is 0 Å². The number of nitrogens with two attached hydrogens (primary N) is 1. The molecule has 11 nitrogen and oxygen atoms in total. The molecule has 2 aromatic rings. The van der Waals surface area contributed by atoms with E-state index in [-0.39, 0.29) is 43.1 Å². The molecule has 1 aromatic carbocycles. The summed E-state index contributed by atoms with van der Waals surface area (Å²) in [5.41, 5.74) is -0.865. The van der Waals surface area contributed by atoms with Crippen molar-refractivity contribution in [3.05, 3.63) is 64.2 Å². The van der Waals surface area contributed by atoms with Crippen molar-refractivity contribution in [2.45, 2.75) is 38.4 Å². The molecule has 3 N–H and O–H groups in total. The van der Waals surface area contributed by atoms with Gasteiger partial charge in [0.25, 0.3) is 5.91 Å². The molecule has 16 heteroatoms. The molecule has 226 valence electrons. The highest BCUT2D eigenvalue weighted by Crippen LogP contribution is 2.32. The maximum absolute atomic E-state index is 14.2. The van der Waals surface area contributed by atoms with Gasteiger partial charge in [0.15, 0.2) is 0 Å². The van der Waals surface area contributed by atoms with Crippen LogP contribution in [0.15, 0.2) is 46.5 Å². The lowest BCUT2D eigenvalue weighted by Gasteiger charge is -2.23. The number of aromatic nitrogens is 1. The van der Waals surface area contributed by atoms with Crippen molar-refractivity contribution in [3.63, 3.8) is 0 Å². The van der Waals surface area contributed by atoms with Crippen LogP contribution in [0.2, 0.25) is 0 Å². The smallest absolute Gasteiger partial charge is 0.417 e. The lowest BCUT2D eigenvalue weighted by atomic mass is 9.95. The summed E-state index contributed by atoms with van der Waals surface area (Å²) in [4.78, 5) is 43.8. The maximum atomic E-state index is 14.2. The molecule has 0 radical (unpaired) electrons. The molecular weight excluding hydrogens is 586 g/mol. The van der Waals surface area contributed by atoms with Crippen molar-refractivity contribution in [2.75, 3.05) is 31.5 Å². The van der Waals surface area contributed by atoms with Gasteiger partial charge in [-0.1, -0.05) is 20.8 Å². The highest BCUT2D eigenvalue weighted by atomic mass is 32.2. The monoisotopic (exact) mass is 613 g/mol. The van der Waals surface area contributed by atoms with Gasteiger partial charge in [-0.3, -0.25) is 14.6 Å². The highest BCUT2D eigenvalue weighted by molar-refractivity contribution is 7.89. The van der Waals surface area contributed by atoms with E-state index in [1.54, 1.807) is 20.8 Å². The van der Waals surface area contributed by atoms with Crippen molar-refractivity contribution in [1.29, 1.82) is 0 Å². The molecule has 3 amide bonds. The first kappa shape index (κ1) is 30.9. The normalized spacial score (nSPS) is 15.6. The van der Waals surface area contributed by atoms with Gasteiger partial charge in [0.1, 0.15) is 23.0 Å². The van der Waals surface area contributed by atoms with Crippen LogP contribution in [0, 0.1) is 11.2 Å². The number of amides is 3. The van der Waals surface area contributed by atoms with Crippen LogP contribution in [0.3, 0.4) is 0 Å². The molecule has 2 aliphatic heterocycles. The topological polar surface area (TPSA) is 152 Å². The van der Waals surface area contributed by atoms with E-state index in [9.17, 15) is 40.4 Å². The Kier molecular flexibility index (Phi) is 8.08. The average Bonchev–Trinajstić information content (AvgIpc) is 3.45. The van der Waals surface area contributed by atoms with Gasteiger partial charge in [0.2, 0.25) is 15.9 Å². The predicted molar refractivity (Wildman–Crippen MR) is 140 cm³/mol. The van der Waals surface area contributed by atoms with Crippen molar-refractivity contribution in [1.82, 2.24) is 14.8 Å². The summed E-state index contributed by atoms with van der Waals surface area (Å²) >= 11 is 0. The number of anilines is 1. The van der Waals surface area contributed by atoms with Gasteiger partial charge >= 0.3 is 12.3 Å². The second kappa shape index (κ2) is 11.0. The summed E-state index contributed by atoms with van der Waals surface area (Å²) in [5, 5.41) is 7.37. The Hall–Kier alpha value is -4.05. The lowest BCUT2D eigenvalue weighted by Crippen LogP contribution is -2.36. The number of carbonyl (C=O) groups is 3. The lowest BCUT2D eigenvalue weighted by molar-refractivity contribution is -0.137. The van der Waals surface area contributed by atoms with Crippen molar-refractivity contribution in [2.24, 2.45) is 10.6 Å². The number of hydrogen-bond acceptors (Lipinski definition) is 7. The fourth-order valence-electron chi connectivity index (χ4n) is 4.30. The zero-order valence-electron chi connectivity index (χ0n) is 22.7. The van der Waals surface area contributed by atoms with Gasteiger partial charge in [-0.25, -0.2) is 22.7 Å². The van der Waals surface area contributed by atoms with E-state index in [2.05, 4.69) is 10.3 Å². The predicted octanol–water partition coefficient (Wildman–Crippen LogP) is 3.28. The Morgan fingerprint density at radius 2 is 1.62 bits per heavy atom.